The van der Waals surface area contributed by atoms with Gasteiger partial charge in [-0.05, 0) is 18.6 Å². The van der Waals surface area contributed by atoms with Crippen LogP contribution in [0, 0.1) is 0 Å². The summed E-state index contributed by atoms with van der Waals surface area (Å²) in [5, 5.41) is 3.24. The van der Waals surface area contributed by atoms with Gasteiger partial charge in [0.25, 0.3) is 0 Å². The molecule has 1 aromatic heterocycles. The number of nitrogens with one attached hydrogen (secondary N) is 2. The second kappa shape index (κ2) is 6.76. The zero-order valence-corrected chi connectivity index (χ0v) is 12.3. The van der Waals surface area contributed by atoms with Crippen molar-refractivity contribution in [3.63, 3.8) is 0 Å². The first-order chi connectivity index (χ1) is 10.2. The van der Waals surface area contributed by atoms with Crippen molar-refractivity contribution in [2.75, 3.05) is 25.0 Å². The average molecular weight is 289 g/mol. The maximum Gasteiger partial charge on any atom is 0.162 e. The summed E-state index contributed by atoms with van der Waals surface area (Å²) in [5.41, 5.74) is 4.33. The van der Waals surface area contributed by atoms with Gasteiger partial charge in [0.15, 0.2) is 11.5 Å². The SMILES string of the molecule is CCc1c(NN)ncnc1Nc1ccc(OC)c(OC)c1. The smallest absolute Gasteiger partial charge is 0.162 e. The third kappa shape index (κ3) is 3.14. The van der Waals surface area contributed by atoms with E-state index in [2.05, 4.69) is 20.7 Å². The molecule has 2 rings (SSSR count). The Labute approximate surface area is 123 Å². The van der Waals surface area contributed by atoms with E-state index < -0.39 is 0 Å². The molecule has 0 amide bonds. The third-order valence-electron chi connectivity index (χ3n) is 3.08. The van der Waals surface area contributed by atoms with Crippen molar-refractivity contribution in [3.8, 4) is 11.5 Å². The molecule has 21 heavy (non-hydrogen) atoms. The summed E-state index contributed by atoms with van der Waals surface area (Å²) in [5.74, 6) is 8.09. The second-order valence-corrected chi connectivity index (χ2v) is 4.24. The van der Waals surface area contributed by atoms with Crippen molar-refractivity contribution >= 4 is 17.3 Å². The lowest BCUT2D eigenvalue weighted by Gasteiger charge is -2.14. The highest BCUT2D eigenvalue weighted by Gasteiger charge is 2.10. The molecule has 4 N–H and O–H groups in total. The number of nitrogens with zero attached hydrogens (tertiary/aromatic N) is 2. The summed E-state index contributed by atoms with van der Waals surface area (Å²) in [6.07, 6.45) is 2.20. The molecule has 112 valence electrons. The number of nitrogens with two attached hydrogens (primary N) is 1. The quantitative estimate of drug-likeness (QED) is 0.553. The van der Waals surface area contributed by atoms with Crippen LogP contribution >= 0.6 is 0 Å². The molecule has 0 spiro atoms. The minimum Gasteiger partial charge on any atom is -0.493 e. The van der Waals surface area contributed by atoms with Gasteiger partial charge in [-0.3, -0.25) is 0 Å². The van der Waals surface area contributed by atoms with Gasteiger partial charge in [0.2, 0.25) is 0 Å². The van der Waals surface area contributed by atoms with Crippen LogP contribution in [0.5, 0.6) is 11.5 Å². The average Bonchev–Trinajstić information content (AvgIpc) is 2.54. The lowest BCUT2D eigenvalue weighted by molar-refractivity contribution is 0.355. The molecule has 7 heteroatoms. The second-order valence-electron chi connectivity index (χ2n) is 4.24. The normalized spacial score (nSPS) is 10.1. The van der Waals surface area contributed by atoms with Gasteiger partial charge in [0.05, 0.1) is 14.2 Å². The molecule has 0 saturated heterocycles. The highest BCUT2D eigenvalue weighted by atomic mass is 16.5. The number of anilines is 3. The Kier molecular flexibility index (Phi) is 4.78. The predicted octanol–water partition coefficient (Wildman–Crippen LogP) is 2.09. The monoisotopic (exact) mass is 289 g/mol. The molecule has 0 unspecified atom stereocenters. The molecule has 0 saturated carbocycles. The van der Waals surface area contributed by atoms with Crippen LogP contribution in [0.2, 0.25) is 0 Å². The molecule has 0 atom stereocenters. The van der Waals surface area contributed by atoms with Crippen LogP contribution in [0.4, 0.5) is 17.3 Å². The van der Waals surface area contributed by atoms with E-state index in [1.54, 1.807) is 14.2 Å². The van der Waals surface area contributed by atoms with Gasteiger partial charge in [-0.25, -0.2) is 15.8 Å². The maximum absolute atomic E-state index is 5.47. The van der Waals surface area contributed by atoms with E-state index in [-0.39, 0.29) is 0 Å². The molecular formula is C14H19N5O2. The van der Waals surface area contributed by atoms with Crippen LogP contribution in [-0.2, 0) is 6.42 Å². The van der Waals surface area contributed by atoms with E-state index in [0.29, 0.717) is 23.1 Å². The van der Waals surface area contributed by atoms with Crippen LogP contribution < -0.4 is 26.1 Å². The molecule has 7 nitrogen and oxygen atoms in total. The van der Waals surface area contributed by atoms with Crippen LogP contribution in [0.15, 0.2) is 24.5 Å². The van der Waals surface area contributed by atoms with Crippen LogP contribution in [0.1, 0.15) is 12.5 Å². The topological polar surface area (TPSA) is 94.3 Å². The van der Waals surface area contributed by atoms with E-state index in [1.165, 1.54) is 6.33 Å². The van der Waals surface area contributed by atoms with Crippen molar-refractivity contribution in [2.45, 2.75) is 13.3 Å². The molecule has 0 aliphatic rings. The summed E-state index contributed by atoms with van der Waals surface area (Å²) in [7, 11) is 3.20. The Morgan fingerprint density at radius 2 is 1.81 bits per heavy atom. The Morgan fingerprint density at radius 1 is 1.10 bits per heavy atom. The van der Waals surface area contributed by atoms with Crippen molar-refractivity contribution in [1.29, 1.82) is 0 Å². The van der Waals surface area contributed by atoms with Crippen molar-refractivity contribution in [2.24, 2.45) is 5.84 Å². The third-order valence-corrected chi connectivity index (χ3v) is 3.08. The molecular weight excluding hydrogens is 270 g/mol. The van der Waals surface area contributed by atoms with E-state index in [4.69, 9.17) is 15.3 Å². The Hall–Kier alpha value is -2.54. The van der Waals surface area contributed by atoms with Crippen LogP contribution in [0.3, 0.4) is 0 Å². The Morgan fingerprint density at radius 3 is 2.43 bits per heavy atom. The predicted molar refractivity (Wildman–Crippen MR) is 82.0 cm³/mol. The number of methoxy groups -OCH3 is 2. The van der Waals surface area contributed by atoms with Crippen molar-refractivity contribution < 1.29 is 9.47 Å². The number of rotatable bonds is 6. The number of benzene rings is 1. The molecule has 0 aliphatic carbocycles. The van der Waals surface area contributed by atoms with Gasteiger partial charge in [0, 0.05) is 17.3 Å². The largest absolute Gasteiger partial charge is 0.493 e. The molecule has 0 bridgehead atoms. The summed E-state index contributed by atoms with van der Waals surface area (Å²) in [6, 6.07) is 5.56. The zero-order chi connectivity index (χ0) is 15.2. The van der Waals surface area contributed by atoms with Gasteiger partial charge >= 0.3 is 0 Å². The van der Waals surface area contributed by atoms with Gasteiger partial charge in [0.1, 0.15) is 18.0 Å². The molecule has 2 aromatic rings. The first-order valence-electron chi connectivity index (χ1n) is 6.53. The van der Waals surface area contributed by atoms with Gasteiger partial charge in [-0.15, -0.1) is 0 Å². The van der Waals surface area contributed by atoms with E-state index in [1.807, 2.05) is 25.1 Å². The van der Waals surface area contributed by atoms with E-state index in [9.17, 15) is 0 Å². The number of ether oxygens (including phenoxy) is 2. The van der Waals surface area contributed by atoms with Crippen LogP contribution in [0.25, 0.3) is 0 Å². The number of hydrazine groups is 1. The molecule has 0 radical (unpaired) electrons. The maximum atomic E-state index is 5.47. The van der Waals surface area contributed by atoms with E-state index in [0.717, 1.165) is 17.7 Å². The highest BCUT2D eigenvalue weighted by molar-refractivity contribution is 5.66. The fourth-order valence-corrected chi connectivity index (χ4v) is 2.03. The molecule has 0 aliphatic heterocycles. The van der Waals surface area contributed by atoms with E-state index >= 15 is 0 Å². The first kappa shape index (κ1) is 14.9. The Bertz CT molecular complexity index is 618. The summed E-state index contributed by atoms with van der Waals surface area (Å²) in [4.78, 5) is 8.36. The van der Waals surface area contributed by atoms with Crippen molar-refractivity contribution in [1.82, 2.24) is 9.97 Å². The molecule has 1 heterocycles. The van der Waals surface area contributed by atoms with Gasteiger partial charge < -0.3 is 20.2 Å². The van der Waals surface area contributed by atoms with Crippen LogP contribution in [-0.4, -0.2) is 24.2 Å². The minimum atomic E-state index is 0.607. The molecule has 1 aromatic carbocycles. The fourth-order valence-electron chi connectivity index (χ4n) is 2.03. The number of aromatic nitrogens is 2. The number of hydrogen-bond donors (Lipinski definition) is 3. The lowest BCUT2D eigenvalue weighted by Crippen LogP contribution is -2.13. The number of hydrogen-bond acceptors (Lipinski definition) is 7. The minimum absolute atomic E-state index is 0.607. The lowest BCUT2D eigenvalue weighted by atomic mass is 10.2. The summed E-state index contributed by atoms with van der Waals surface area (Å²) in [6.45, 7) is 2.01. The summed E-state index contributed by atoms with van der Waals surface area (Å²) >= 11 is 0. The number of nitrogen functional groups attached to an aromatic ring is 1. The standard InChI is InChI=1S/C14H19N5O2/c1-4-10-13(16-8-17-14(10)19-15)18-9-5-6-11(20-2)12(7-9)21-3/h5-8H,4,15H2,1-3H3,(H2,16,17,18,19). The zero-order valence-electron chi connectivity index (χ0n) is 12.3. The summed E-state index contributed by atoms with van der Waals surface area (Å²) < 4.78 is 10.5. The Balaban J connectivity index is 2.34. The van der Waals surface area contributed by atoms with Gasteiger partial charge in [-0.2, -0.15) is 0 Å². The fraction of sp³-hybridized carbons (Fsp3) is 0.286. The highest BCUT2D eigenvalue weighted by Crippen LogP contribution is 2.32. The first-order valence-corrected chi connectivity index (χ1v) is 6.53. The van der Waals surface area contributed by atoms with Crippen molar-refractivity contribution in [3.05, 3.63) is 30.1 Å². The molecule has 0 fully saturated rings. The van der Waals surface area contributed by atoms with Gasteiger partial charge in [-0.1, -0.05) is 6.92 Å².